The minimum Gasteiger partial charge on any atom is -0.396 e. The standard InChI is InChI=1S/C7H13O2/c1-7(2,3)6(9)4-5-8/h4,8H,5H2,1-3H3. The second kappa shape index (κ2) is 2.97. The van der Waals surface area contributed by atoms with Gasteiger partial charge < -0.3 is 5.11 Å². The van der Waals surface area contributed by atoms with E-state index in [0.717, 1.165) is 0 Å². The molecule has 1 radical (unpaired) electrons. The topological polar surface area (TPSA) is 37.3 Å². The van der Waals surface area contributed by atoms with Crippen LogP contribution in [0.3, 0.4) is 0 Å². The molecule has 2 nitrogen and oxygen atoms in total. The summed E-state index contributed by atoms with van der Waals surface area (Å²) < 4.78 is 0. The summed E-state index contributed by atoms with van der Waals surface area (Å²) in [6.07, 6.45) is 1.29. The molecule has 0 unspecified atom stereocenters. The van der Waals surface area contributed by atoms with Gasteiger partial charge in [-0.15, -0.1) is 0 Å². The van der Waals surface area contributed by atoms with E-state index in [-0.39, 0.29) is 17.8 Å². The van der Waals surface area contributed by atoms with Crippen LogP contribution in [0.4, 0.5) is 0 Å². The van der Waals surface area contributed by atoms with Crippen molar-refractivity contribution in [3.05, 3.63) is 6.42 Å². The van der Waals surface area contributed by atoms with E-state index in [4.69, 9.17) is 5.11 Å². The highest BCUT2D eigenvalue weighted by atomic mass is 16.3. The van der Waals surface area contributed by atoms with Gasteiger partial charge in [0.1, 0.15) is 5.78 Å². The van der Waals surface area contributed by atoms with Gasteiger partial charge in [-0.25, -0.2) is 0 Å². The van der Waals surface area contributed by atoms with Crippen molar-refractivity contribution in [2.45, 2.75) is 20.8 Å². The predicted molar refractivity (Wildman–Crippen MR) is 35.8 cm³/mol. The van der Waals surface area contributed by atoms with Crippen molar-refractivity contribution >= 4 is 5.78 Å². The lowest BCUT2D eigenvalue weighted by atomic mass is 9.89. The van der Waals surface area contributed by atoms with Crippen molar-refractivity contribution in [3.8, 4) is 0 Å². The van der Waals surface area contributed by atoms with Gasteiger partial charge in [0, 0.05) is 5.41 Å². The second-order valence-electron chi connectivity index (χ2n) is 3.00. The zero-order valence-corrected chi connectivity index (χ0v) is 6.14. The van der Waals surface area contributed by atoms with Crippen LogP contribution in [0, 0.1) is 11.8 Å². The summed E-state index contributed by atoms with van der Waals surface area (Å²) in [7, 11) is 0. The number of rotatable bonds is 2. The Hall–Kier alpha value is -0.370. The third-order valence-corrected chi connectivity index (χ3v) is 1.02. The molecular formula is C7H13O2. The molecule has 0 amide bonds. The van der Waals surface area contributed by atoms with Crippen molar-refractivity contribution in [1.29, 1.82) is 0 Å². The monoisotopic (exact) mass is 129 g/mol. The van der Waals surface area contributed by atoms with Gasteiger partial charge in [0.15, 0.2) is 0 Å². The zero-order valence-electron chi connectivity index (χ0n) is 6.14. The molecule has 0 aromatic heterocycles. The van der Waals surface area contributed by atoms with Gasteiger partial charge in [-0.05, 0) is 0 Å². The maximum absolute atomic E-state index is 10.8. The SMILES string of the molecule is CC(C)(C)C(=O)[CH]CO. The number of hydrogen-bond acceptors (Lipinski definition) is 2. The van der Waals surface area contributed by atoms with E-state index in [0.29, 0.717) is 0 Å². The van der Waals surface area contributed by atoms with Crippen molar-refractivity contribution < 1.29 is 9.90 Å². The average molecular weight is 129 g/mol. The normalized spacial score (nSPS) is 11.6. The fourth-order valence-electron chi connectivity index (χ4n) is 0.389. The molecule has 0 aliphatic heterocycles. The second-order valence-corrected chi connectivity index (χ2v) is 3.00. The lowest BCUT2D eigenvalue weighted by molar-refractivity contribution is -0.123. The quantitative estimate of drug-likeness (QED) is 0.598. The van der Waals surface area contributed by atoms with Crippen LogP contribution < -0.4 is 0 Å². The predicted octanol–water partition coefficient (Wildman–Crippen LogP) is 0.798. The van der Waals surface area contributed by atoms with E-state index in [2.05, 4.69) is 0 Å². The van der Waals surface area contributed by atoms with Crippen LogP contribution in [0.5, 0.6) is 0 Å². The molecule has 0 spiro atoms. The number of carbonyl (C=O) groups excluding carboxylic acids is 1. The number of aliphatic hydroxyl groups is 1. The zero-order chi connectivity index (χ0) is 7.49. The molecule has 0 fully saturated rings. The van der Waals surface area contributed by atoms with E-state index in [1.165, 1.54) is 6.42 Å². The van der Waals surface area contributed by atoms with Crippen molar-refractivity contribution in [3.63, 3.8) is 0 Å². The molecule has 0 rings (SSSR count). The van der Waals surface area contributed by atoms with Crippen LogP contribution in [-0.4, -0.2) is 17.5 Å². The largest absolute Gasteiger partial charge is 0.396 e. The molecule has 1 N–H and O–H groups in total. The summed E-state index contributed by atoms with van der Waals surface area (Å²) in [4.78, 5) is 10.8. The van der Waals surface area contributed by atoms with Gasteiger partial charge in [-0.2, -0.15) is 0 Å². The summed E-state index contributed by atoms with van der Waals surface area (Å²) in [6.45, 7) is 5.31. The third-order valence-electron chi connectivity index (χ3n) is 1.02. The first-order valence-electron chi connectivity index (χ1n) is 2.97. The fraction of sp³-hybridized carbons (Fsp3) is 0.714. The maximum Gasteiger partial charge on any atom is 0.144 e. The van der Waals surface area contributed by atoms with Crippen LogP contribution in [0.1, 0.15) is 20.8 Å². The Balaban J connectivity index is 3.74. The van der Waals surface area contributed by atoms with Gasteiger partial charge in [0.2, 0.25) is 0 Å². The van der Waals surface area contributed by atoms with E-state index in [1.807, 2.05) is 20.8 Å². The molecule has 0 aromatic carbocycles. The lowest BCUT2D eigenvalue weighted by Gasteiger charge is -2.14. The lowest BCUT2D eigenvalue weighted by Crippen LogP contribution is -2.21. The Labute approximate surface area is 55.9 Å². The first-order chi connectivity index (χ1) is 3.98. The van der Waals surface area contributed by atoms with Gasteiger partial charge in [0.25, 0.3) is 0 Å². The van der Waals surface area contributed by atoms with Crippen LogP contribution in [0.2, 0.25) is 0 Å². The minimum absolute atomic E-state index is 0.00926. The molecule has 0 aliphatic rings. The first-order valence-corrected chi connectivity index (χ1v) is 2.97. The van der Waals surface area contributed by atoms with E-state index in [9.17, 15) is 4.79 Å². The fourth-order valence-corrected chi connectivity index (χ4v) is 0.389. The van der Waals surface area contributed by atoms with Crippen LogP contribution in [0.25, 0.3) is 0 Å². The molecule has 0 saturated heterocycles. The Morgan fingerprint density at radius 2 is 2.00 bits per heavy atom. The number of aliphatic hydroxyl groups excluding tert-OH is 1. The molecule has 53 valence electrons. The highest BCUT2D eigenvalue weighted by Gasteiger charge is 2.19. The Morgan fingerprint density at radius 1 is 1.56 bits per heavy atom. The van der Waals surface area contributed by atoms with Gasteiger partial charge in [0.05, 0.1) is 13.0 Å². The van der Waals surface area contributed by atoms with Crippen molar-refractivity contribution in [2.75, 3.05) is 6.61 Å². The molecule has 0 aromatic rings. The van der Waals surface area contributed by atoms with Crippen LogP contribution in [0.15, 0.2) is 0 Å². The highest BCUT2D eigenvalue weighted by Crippen LogP contribution is 2.15. The number of carbonyl (C=O) groups is 1. The summed E-state index contributed by atoms with van der Waals surface area (Å²) >= 11 is 0. The van der Waals surface area contributed by atoms with E-state index < -0.39 is 0 Å². The summed E-state index contributed by atoms with van der Waals surface area (Å²) in [6, 6.07) is 0. The number of ketones is 1. The van der Waals surface area contributed by atoms with Gasteiger partial charge >= 0.3 is 0 Å². The van der Waals surface area contributed by atoms with E-state index in [1.54, 1.807) is 0 Å². The Bertz CT molecular complexity index is 100.0. The Morgan fingerprint density at radius 3 is 2.11 bits per heavy atom. The molecule has 0 atom stereocenters. The molecular weight excluding hydrogens is 116 g/mol. The minimum atomic E-state index is -0.345. The van der Waals surface area contributed by atoms with Crippen molar-refractivity contribution in [2.24, 2.45) is 5.41 Å². The van der Waals surface area contributed by atoms with Crippen LogP contribution in [-0.2, 0) is 4.79 Å². The molecule has 2 heteroatoms. The number of Topliss-reactive ketones (excluding diaryl/α,β-unsaturated/α-hetero) is 1. The highest BCUT2D eigenvalue weighted by molar-refractivity contribution is 5.91. The van der Waals surface area contributed by atoms with Gasteiger partial charge in [-0.3, -0.25) is 4.79 Å². The van der Waals surface area contributed by atoms with Crippen molar-refractivity contribution in [1.82, 2.24) is 0 Å². The summed E-state index contributed by atoms with van der Waals surface area (Å²) in [5, 5.41) is 8.32. The molecule has 0 aliphatic carbocycles. The molecule has 9 heavy (non-hydrogen) atoms. The average Bonchev–Trinajstić information content (AvgIpc) is 1.64. The van der Waals surface area contributed by atoms with Crippen LogP contribution >= 0.6 is 0 Å². The molecule has 0 heterocycles. The summed E-state index contributed by atoms with van der Waals surface area (Å²) in [5.41, 5.74) is -0.345. The van der Waals surface area contributed by atoms with E-state index >= 15 is 0 Å². The number of hydrogen-bond donors (Lipinski definition) is 1. The van der Waals surface area contributed by atoms with Gasteiger partial charge in [-0.1, -0.05) is 20.8 Å². The first kappa shape index (κ1) is 8.63. The smallest absolute Gasteiger partial charge is 0.144 e. The summed E-state index contributed by atoms with van der Waals surface area (Å²) in [5.74, 6) is -0.00926. The Kier molecular flexibility index (Phi) is 2.85. The maximum atomic E-state index is 10.8. The molecule has 0 bridgehead atoms. The third kappa shape index (κ3) is 3.25. The molecule has 0 saturated carbocycles.